The molecule has 1 aliphatic carbocycles. The van der Waals surface area contributed by atoms with Crippen molar-refractivity contribution in [2.75, 3.05) is 12.4 Å². The molecule has 1 aromatic carbocycles. The van der Waals surface area contributed by atoms with E-state index >= 15 is 0 Å². The molecule has 1 saturated carbocycles. The third kappa shape index (κ3) is 3.39. The average molecular weight is 316 g/mol. The lowest BCUT2D eigenvalue weighted by Gasteiger charge is -2.12. The summed E-state index contributed by atoms with van der Waals surface area (Å²) in [6, 6.07) is 11.5. The zero-order chi connectivity index (χ0) is 15.5. The first-order valence-electron chi connectivity index (χ1n) is 7.29. The molecule has 5 heteroatoms. The van der Waals surface area contributed by atoms with Crippen LogP contribution < -0.4 is 10.1 Å². The molecule has 0 saturated heterocycles. The standard InChI is InChI=1S/C17H18ClN3O/c1-22-13-6-2-11(3-7-13)10-20-17-14(8-9-15(18)21-17)16(19)12-4-5-12/h2-3,6-9,12,19H,4-5,10H2,1H3,(H,20,21). The Balaban J connectivity index is 1.75. The highest BCUT2D eigenvalue weighted by Gasteiger charge is 2.29. The topological polar surface area (TPSA) is 58.0 Å². The van der Waals surface area contributed by atoms with Gasteiger partial charge in [-0.05, 0) is 42.7 Å². The van der Waals surface area contributed by atoms with Crippen LogP contribution in [0.1, 0.15) is 24.0 Å². The third-order valence-corrected chi connectivity index (χ3v) is 3.97. The van der Waals surface area contributed by atoms with Crippen LogP contribution in [0.5, 0.6) is 5.75 Å². The number of aromatic nitrogens is 1. The summed E-state index contributed by atoms with van der Waals surface area (Å²) in [6.07, 6.45) is 2.19. The second kappa shape index (κ2) is 6.36. The molecule has 1 aromatic heterocycles. The summed E-state index contributed by atoms with van der Waals surface area (Å²) in [4.78, 5) is 4.34. The Morgan fingerprint density at radius 3 is 2.64 bits per heavy atom. The number of nitrogens with zero attached hydrogens (tertiary/aromatic N) is 1. The molecular weight excluding hydrogens is 298 g/mol. The van der Waals surface area contributed by atoms with Crippen molar-refractivity contribution in [2.24, 2.45) is 5.92 Å². The van der Waals surface area contributed by atoms with Gasteiger partial charge in [0.05, 0.1) is 7.11 Å². The van der Waals surface area contributed by atoms with Gasteiger partial charge in [-0.3, -0.25) is 0 Å². The SMILES string of the molecule is COc1ccc(CNc2nc(Cl)ccc2C(=N)C2CC2)cc1. The van der Waals surface area contributed by atoms with Crippen LogP contribution in [0.4, 0.5) is 5.82 Å². The Hall–Kier alpha value is -2.07. The maximum Gasteiger partial charge on any atom is 0.137 e. The summed E-state index contributed by atoms with van der Waals surface area (Å²) in [6.45, 7) is 0.627. The molecule has 0 aliphatic heterocycles. The van der Waals surface area contributed by atoms with Gasteiger partial charge < -0.3 is 15.5 Å². The zero-order valence-electron chi connectivity index (χ0n) is 12.4. The molecule has 1 heterocycles. The number of nitrogens with one attached hydrogen (secondary N) is 2. The van der Waals surface area contributed by atoms with Crippen LogP contribution >= 0.6 is 11.6 Å². The number of hydrogen-bond acceptors (Lipinski definition) is 4. The van der Waals surface area contributed by atoms with E-state index in [0.29, 0.717) is 29.1 Å². The van der Waals surface area contributed by atoms with E-state index < -0.39 is 0 Å². The van der Waals surface area contributed by atoms with Gasteiger partial charge in [0.15, 0.2) is 0 Å². The van der Waals surface area contributed by atoms with Crippen LogP contribution in [0.25, 0.3) is 0 Å². The molecule has 3 rings (SSSR count). The quantitative estimate of drug-likeness (QED) is 0.622. The summed E-state index contributed by atoms with van der Waals surface area (Å²) in [5, 5.41) is 12.0. The molecule has 22 heavy (non-hydrogen) atoms. The van der Waals surface area contributed by atoms with Gasteiger partial charge in [-0.25, -0.2) is 4.98 Å². The van der Waals surface area contributed by atoms with Crippen molar-refractivity contribution >= 4 is 23.1 Å². The van der Waals surface area contributed by atoms with Crippen LogP contribution in [-0.4, -0.2) is 17.8 Å². The molecule has 1 fully saturated rings. The number of rotatable bonds is 6. The first-order chi connectivity index (χ1) is 10.7. The average Bonchev–Trinajstić information content (AvgIpc) is 3.38. The first-order valence-corrected chi connectivity index (χ1v) is 7.67. The predicted molar refractivity (Wildman–Crippen MR) is 89.1 cm³/mol. The molecule has 1 aliphatic rings. The molecule has 4 nitrogen and oxygen atoms in total. The van der Waals surface area contributed by atoms with Gasteiger partial charge in [-0.1, -0.05) is 23.7 Å². The second-order valence-electron chi connectivity index (χ2n) is 5.42. The summed E-state index contributed by atoms with van der Waals surface area (Å²) in [7, 11) is 1.65. The zero-order valence-corrected chi connectivity index (χ0v) is 13.2. The van der Waals surface area contributed by atoms with Gasteiger partial charge in [-0.2, -0.15) is 0 Å². The largest absolute Gasteiger partial charge is 0.497 e. The summed E-state index contributed by atoms with van der Waals surface area (Å²) in [5.74, 6) is 1.89. The highest BCUT2D eigenvalue weighted by molar-refractivity contribution is 6.29. The Bertz CT molecular complexity index is 681. The van der Waals surface area contributed by atoms with E-state index in [1.54, 1.807) is 13.2 Å². The van der Waals surface area contributed by atoms with E-state index in [2.05, 4.69) is 10.3 Å². The Kier molecular flexibility index (Phi) is 4.29. The number of halogens is 1. The molecule has 0 atom stereocenters. The first kappa shape index (κ1) is 14.9. The van der Waals surface area contributed by atoms with Gasteiger partial charge in [0.25, 0.3) is 0 Å². The lowest BCUT2D eigenvalue weighted by Crippen LogP contribution is -2.10. The van der Waals surface area contributed by atoms with E-state index in [4.69, 9.17) is 21.7 Å². The van der Waals surface area contributed by atoms with Crippen LogP contribution in [0, 0.1) is 11.3 Å². The van der Waals surface area contributed by atoms with E-state index in [1.807, 2.05) is 30.3 Å². The molecule has 2 N–H and O–H groups in total. The van der Waals surface area contributed by atoms with Gasteiger partial charge in [0.2, 0.25) is 0 Å². The highest BCUT2D eigenvalue weighted by atomic mass is 35.5. The van der Waals surface area contributed by atoms with E-state index in [0.717, 1.165) is 29.7 Å². The van der Waals surface area contributed by atoms with Gasteiger partial charge >= 0.3 is 0 Å². The normalized spacial score (nSPS) is 13.7. The van der Waals surface area contributed by atoms with E-state index in [9.17, 15) is 0 Å². The number of anilines is 1. The van der Waals surface area contributed by atoms with Crippen molar-refractivity contribution in [2.45, 2.75) is 19.4 Å². The molecule has 114 valence electrons. The van der Waals surface area contributed by atoms with Crippen molar-refractivity contribution in [3.63, 3.8) is 0 Å². The van der Waals surface area contributed by atoms with Crippen molar-refractivity contribution < 1.29 is 4.74 Å². The van der Waals surface area contributed by atoms with Crippen LogP contribution in [0.2, 0.25) is 5.15 Å². The fourth-order valence-electron chi connectivity index (χ4n) is 2.31. The number of methoxy groups -OCH3 is 1. The fourth-order valence-corrected chi connectivity index (χ4v) is 2.46. The summed E-state index contributed by atoms with van der Waals surface area (Å²) < 4.78 is 5.15. The van der Waals surface area contributed by atoms with Crippen molar-refractivity contribution in [1.82, 2.24) is 4.98 Å². The molecule has 0 amide bonds. The molecule has 0 radical (unpaired) electrons. The monoisotopic (exact) mass is 315 g/mol. The molecule has 0 spiro atoms. The molecule has 0 unspecified atom stereocenters. The predicted octanol–water partition coefficient (Wildman–Crippen LogP) is 4.13. The smallest absolute Gasteiger partial charge is 0.137 e. The maximum atomic E-state index is 8.25. The molecular formula is C17H18ClN3O. The second-order valence-corrected chi connectivity index (χ2v) is 5.81. The van der Waals surface area contributed by atoms with Gasteiger partial charge in [0, 0.05) is 23.7 Å². The van der Waals surface area contributed by atoms with Crippen molar-refractivity contribution in [3.05, 3.63) is 52.7 Å². The minimum Gasteiger partial charge on any atom is -0.497 e. The van der Waals surface area contributed by atoms with Gasteiger partial charge in [-0.15, -0.1) is 0 Å². The summed E-state index contributed by atoms with van der Waals surface area (Å²) in [5.41, 5.74) is 2.62. The highest BCUT2D eigenvalue weighted by Crippen LogP contribution is 2.34. The minimum absolute atomic E-state index is 0.379. The minimum atomic E-state index is 0.379. The van der Waals surface area contributed by atoms with E-state index in [1.165, 1.54) is 0 Å². The maximum absolute atomic E-state index is 8.25. The van der Waals surface area contributed by atoms with Crippen molar-refractivity contribution in [3.8, 4) is 5.75 Å². The van der Waals surface area contributed by atoms with Crippen LogP contribution in [0.3, 0.4) is 0 Å². The van der Waals surface area contributed by atoms with Crippen LogP contribution in [-0.2, 0) is 6.54 Å². The van der Waals surface area contributed by atoms with Gasteiger partial charge in [0.1, 0.15) is 16.7 Å². The number of ether oxygens (including phenoxy) is 1. The lowest BCUT2D eigenvalue weighted by molar-refractivity contribution is 0.414. The number of benzene rings is 1. The Morgan fingerprint density at radius 2 is 2.00 bits per heavy atom. The number of pyridine rings is 1. The molecule has 0 bridgehead atoms. The Labute approximate surface area is 135 Å². The Morgan fingerprint density at radius 1 is 1.27 bits per heavy atom. The molecule has 2 aromatic rings. The fraction of sp³-hybridized carbons (Fsp3) is 0.294. The van der Waals surface area contributed by atoms with Crippen LogP contribution in [0.15, 0.2) is 36.4 Å². The van der Waals surface area contributed by atoms with E-state index in [-0.39, 0.29) is 0 Å². The number of hydrogen-bond donors (Lipinski definition) is 2. The van der Waals surface area contributed by atoms with Crippen molar-refractivity contribution in [1.29, 1.82) is 5.41 Å². The third-order valence-electron chi connectivity index (χ3n) is 3.76. The summed E-state index contributed by atoms with van der Waals surface area (Å²) >= 11 is 6.00. The lowest BCUT2D eigenvalue weighted by atomic mass is 10.1.